The fourth-order valence-electron chi connectivity index (χ4n) is 4.61. The molecule has 0 saturated heterocycles. The zero-order valence-corrected chi connectivity index (χ0v) is 27.4. The predicted octanol–water partition coefficient (Wildman–Crippen LogP) is 8.53. The van der Waals surface area contributed by atoms with E-state index in [1.807, 2.05) is 13.0 Å². The normalized spacial score (nSPS) is 11.8. The highest BCUT2D eigenvalue weighted by Gasteiger charge is 2.21. The van der Waals surface area contributed by atoms with E-state index in [1.165, 1.54) is 12.7 Å². The van der Waals surface area contributed by atoms with Gasteiger partial charge in [-0.2, -0.15) is 0 Å². The third-order valence-electron chi connectivity index (χ3n) is 7.30. The Morgan fingerprint density at radius 3 is 2.16 bits per heavy atom. The molecule has 0 aliphatic rings. The molecule has 0 bridgehead atoms. The summed E-state index contributed by atoms with van der Waals surface area (Å²) >= 11 is 6.33. The molecular formula is C36H45ClN2O5. The largest absolute Gasteiger partial charge is 0.497 e. The van der Waals surface area contributed by atoms with Crippen LogP contribution in [0.15, 0.2) is 60.7 Å². The van der Waals surface area contributed by atoms with Crippen LogP contribution < -0.4 is 20.1 Å². The van der Waals surface area contributed by atoms with E-state index in [-0.39, 0.29) is 23.1 Å². The number of rotatable bonds is 16. The third kappa shape index (κ3) is 10.7. The summed E-state index contributed by atoms with van der Waals surface area (Å²) in [6.07, 6.45) is 3.42. The van der Waals surface area contributed by atoms with Crippen molar-refractivity contribution in [3.05, 3.63) is 82.4 Å². The van der Waals surface area contributed by atoms with Gasteiger partial charge in [-0.25, -0.2) is 0 Å². The number of hydrogen-bond donors (Lipinski definition) is 2. The molecule has 1 unspecified atom stereocenters. The van der Waals surface area contributed by atoms with Crippen LogP contribution in [0.5, 0.6) is 11.5 Å². The van der Waals surface area contributed by atoms with E-state index >= 15 is 0 Å². The van der Waals surface area contributed by atoms with Crippen LogP contribution in [0.3, 0.4) is 0 Å². The number of anilines is 2. The maximum atomic E-state index is 13.3. The molecule has 2 N–H and O–H groups in total. The van der Waals surface area contributed by atoms with Crippen LogP contribution >= 0.6 is 11.6 Å². The van der Waals surface area contributed by atoms with E-state index in [2.05, 4.69) is 50.5 Å². The fraction of sp³-hybridized carbons (Fsp3) is 0.417. The lowest BCUT2D eigenvalue weighted by atomic mass is 9.97. The van der Waals surface area contributed by atoms with Crippen molar-refractivity contribution in [1.82, 2.24) is 0 Å². The number of hydrogen-bond acceptors (Lipinski definition) is 5. The Kier molecular flexibility index (Phi) is 13.3. The number of carbonyl (C=O) groups is 3. The van der Waals surface area contributed by atoms with E-state index in [9.17, 15) is 14.4 Å². The first-order valence-electron chi connectivity index (χ1n) is 15.3. The summed E-state index contributed by atoms with van der Waals surface area (Å²) in [6.45, 7) is 10.8. The molecule has 0 radical (unpaired) electrons. The molecule has 0 aliphatic heterocycles. The van der Waals surface area contributed by atoms with Crippen LogP contribution in [0.1, 0.15) is 81.8 Å². The number of amides is 2. The Morgan fingerprint density at radius 1 is 0.841 bits per heavy atom. The summed E-state index contributed by atoms with van der Waals surface area (Å²) in [4.78, 5) is 38.6. The maximum Gasteiger partial charge on any atom is 0.265 e. The van der Waals surface area contributed by atoms with Gasteiger partial charge in [-0.1, -0.05) is 58.4 Å². The number of carbonyl (C=O) groups excluding carboxylic acids is 3. The van der Waals surface area contributed by atoms with Gasteiger partial charge in [0.1, 0.15) is 11.5 Å². The molecule has 1 atom stereocenters. The van der Waals surface area contributed by atoms with Gasteiger partial charge in [-0.15, -0.1) is 0 Å². The van der Waals surface area contributed by atoms with Crippen LogP contribution in [0.25, 0.3) is 0 Å². The van der Waals surface area contributed by atoms with Gasteiger partial charge in [0.15, 0.2) is 11.9 Å². The molecular weight excluding hydrogens is 576 g/mol. The lowest BCUT2D eigenvalue weighted by Gasteiger charge is -2.21. The number of ketones is 1. The standard InChI is InChI=1S/C36H45ClN2O5/c1-7-33(44-34-19-11-25(10-8-23(2)3)20-27(34)12-9-24(4)5)36(42)38-28-15-18-30(37)31(21-28)39-35(41)22-32(40)26-13-16-29(43-6)17-14-26/h11,13-21,23-24,33H,7-10,12,22H2,1-6H3,(H,38,42)(H,39,41). The molecule has 2 amide bonds. The quantitative estimate of drug-likeness (QED) is 0.124. The minimum atomic E-state index is -0.717. The van der Waals surface area contributed by atoms with Gasteiger partial charge in [0, 0.05) is 11.3 Å². The highest BCUT2D eigenvalue weighted by Crippen LogP contribution is 2.28. The summed E-state index contributed by atoms with van der Waals surface area (Å²) in [6, 6.07) is 17.7. The highest BCUT2D eigenvalue weighted by molar-refractivity contribution is 6.34. The fourth-order valence-corrected chi connectivity index (χ4v) is 4.78. The SMILES string of the molecule is CCC(Oc1ccc(CCC(C)C)cc1CCC(C)C)C(=O)Nc1ccc(Cl)c(NC(=O)CC(=O)c2ccc(OC)cc2)c1. The zero-order chi connectivity index (χ0) is 32.2. The summed E-state index contributed by atoms with van der Waals surface area (Å²) < 4.78 is 11.4. The molecule has 0 fully saturated rings. The van der Waals surface area contributed by atoms with Crippen LogP contribution in [-0.4, -0.2) is 30.8 Å². The van der Waals surface area contributed by atoms with E-state index in [1.54, 1.807) is 42.5 Å². The second kappa shape index (κ2) is 16.9. The first-order valence-corrected chi connectivity index (χ1v) is 15.7. The van der Waals surface area contributed by atoms with Gasteiger partial charge in [0.2, 0.25) is 5.91 Å². The van der Waals surface area contributed by atoms with Crippen LogP contribution in [0.2, 0.25) is 5.02 Å². The molecule has 3 rings (SSSR count). The van der Waals surface area contributed by atoms with Crippen molar-refractivity contribution >= 4 is 40.6 Å². The molecule has 3 aromatic carbocycles. The Morgan fingerprint density at radius 2 is 1.52 bits per heavy atom. The van der Waals surface area contributed by atoms with Gasteiger partial charge >= 0.3 is 0 Å². The second-order valence-electron chi connectivity index (χ2n) is 11.9. The van der Waals surface area contributed by atoms with Crippen molar-refractivity contribution in [3.8, 4) is 11.5 Å². The Balaban J connectivity index is 1.68. The summed E-state index contributed by atoms with van der Waals surface area (Å²) in [5.41, 5.74) is 3.54. The van der Waals surface area contributed by atoms with E-state index in [0.717, 1.165) is 37.0 Å². The van der Waals surface area contributed by atoms with Crippen molar-refractivity contribution < 1.29 is 23.9 Å². The number of methoxy groups -OCH3 is 1. The number of nitrogens with one attached hydrogen (secondary N) is 2. The molecule has 3 aromatic rings. The molecule has 0 spiro atoms. The summed E-state index contributed by atoms with van der Waals surface area (Å²) in [7, 11) is 1.54. The number of benzene rings is 3. The van der Waals surface area contributed by atoms with E-state index < -0.39 is 12.0 Å². The van der Waals surface area contributed by atoms with Gasteiger partial charge in [0.25, 0.3) is 5.91 Å². The zero-order valence-electron chi connectivity index (χ0n) is 26.7. The maximum absolute atomic E-state index is 13.3. The lowest BCUT2D eigenvalue weighted by Crippen LogP contribution is -2.32. The predicted molar refractivity (Wildman–Crippen MR) is 178 cm³/mol. The van der Waals surface area contributed by atoms with E-state index in [0.29, 0.717) is 40.9 Å². The van der Waals surface area contributed by atoms with Gasteiger partial charge in [-0.3, -0.25) is 14.4 Å². The second-order valence-corrected chi connectivity index (χ2v) is 12.3. The van der Waals surface area contributed by atoms with Crippen molar-refractivity contribution in [2.45, 2.75) is 79.2 Å². The minimum Gasteiger partial charge on any atom is -0.497 e. The van der Waals surface area contributed by atoms with Crippen LogP contribution in [0.4, 0.5) is 11.4 Å². The number of halogens is 1. The molecule has 8 heteroatoms. The Labute approximate surface area is 266 Å². The third-order valence-corrected chi connectivity index (χ3v) is 7.63. The van der Waals surface area contributed by atoms with Gasteiger partial charge in [0.05, 0.1) is 24.2 Å². The van der Waals surface area contributed by atoms with Crippen molar-refractivity contribution in [2.24, 2.45) is 11.8 Å². The molecule has 0 saturated carbocycles. The van der Waals surface area contributed by atoms with Crippen molar-refractivity contribution in [2.75, 3.05) is 17.7 Å². The first-order chi connectivity index (χ1) is 21.0. The van der Waals surface area contributed by atoms with E-state index in [4.69, 9.17) is 21.1 Å². The minimum absolute atomic E-state index is 0.281. The average Bonchev–Trinajstić information content (AvgIpc) is 2.99. The molecule has 236 valence electrons. The lowest BCUT2D eigenvalue weighted by molar-refractivity contribution is -0.122. The molecule has 44 heavy (non-hydrogen) atoms. The van der Waals surface area contributed by atoms with Crippen molar-refractivity contribution in [1.29, 1.82) is 0 Å². The monoisotopic (exact) mass is 620 g/mol. The average molecular weight is 621 g/mol. The number of ether oxygens (including phenoxy) is 2. The smallest absolute Gasteiger partial charge is 0.265 e. The summed E-state index contributed by atoms with van der Waals surface area (Å²) in [5.74, 6) is 1.36. The molecule has 0 heterocycles. The Bertz CT molecular complexity index is 1420. The van der Waals surface area contributed by atoms with Crippen LogP contribution in [-0.2, 0) is 22.4 Å². The number of aryl methyl sites for hydroxylation is 2. The Hall–Kier alpha value is -3.84. The number of Topliss-reactive ketones (excluding diaryl/α,β-unsaturated/α-hetero) is 1. The summed E-state index contributed by atoms with van der Waals surface area (Å²) in [5, 5.41) is 5.86. The molecule has 0 aromatic heterocycles. The first kappa shape index (κ1) is 34.6. The molecule has 7 nitrogen and oxygen atoms in total. The van der Waals surface area contributed by atoms with Gasteiger partial charge < -0.3 is 20.1 Å². The van der Waals surface area contributed by atoms with Crippen molar-refractivity contribution in [3.63, 3.8) is 0 Å². The topological polar surface area (TPSA) is 93.7 Å². The van der Waals surface area contributed by atoms with Crippen LogP contribution in [0, 0.1) is 11.8 Å². The van der Waals surface area contributed by atoms with Gasteiger partial charge in [-0.05, 0) is 104 Å². The highest BCUT2D eigenvalue weighted by atomic mass is 35.5. The molecule has 0 aliphatic carbocycles.